The molecule has 0 saturated carbocycles. The van der Waals surface area contributed by atoms with Crippen LogP contribution in [-0.4, -0.2) is 18.0 Å². The van der Waals surface area contributed by atoms with Crippen LogP contribution in [0.2, 0.25) is 0 Å². The number of amides is 1. The Morgan fingerprint density at radius 3 is 2.55 bits per heavy atom. The third-order valence-electron chi connectivity index (χ3n) is 2.67. The Balaban J connectivity index is 2.03. The van der Waals surface area contributed by atoms with Crippen LogP contribution in [0.15, 0.2) is 34.9 Å². The number of esters is 1. The number of nitrogens with one attached hydrogen (secondary N) is 1. The standard InChI is InChI=1S/C14H10F3NO4/c1-7(22-14(20)10-3-2-6-21-10)13(19)18-9-5-4-8(15)11(16)12(9)17/h2-7H,1H3,(H,18,19)/t7-/m0/s1. The molecule has 0 unspecified atom stereocenters. The predicted octanol–water partition coefficient (Wildman–Crippen LogP) is 2.88. The molecule has 0 aliphatic rings. The van der Waals surface area contributed by atoms with Gasteiger partial charge in [-0.25, -0.2) is 18.0 Å². The highest BCUT2D eigenvalue weighted by atomic mass is 19.2. The van der Waals surface area contributed by atoms with E-state index in [9.17, 15) is 22.8 Å². The molecule has 116 valence electrons. The highest BCUT2D eigenvalue weighted by molar-refractivity contribution is 5.96. The molecule has 0 saturated heterocycles. The Morgan fingerprint density at radius 1 is 1.18 bits per heavy atom. The van der Waals surface area contributed by atoms with Crippen molar-refractivity contribution in [1.82, 2.24) is 0 Å². The molecule has 0 spiro atoms. The van der Waals surface area contributed by atoms with Gasteiger partial charge in [0.1, 0.15) is 0 Å². The smallest absolute Gasteiger partial charge is 0.374 e. The fourth-order valence-electron chi connectivity index (χ4n) is 1.52. The minimum absolute atomic E-state index is 0.112. The van der Waals surface area contributed by atoms with E-state index in [1.165, 1.54) is 25.3 Å². The molecule has 1 aromatic heterocycles. The van der Waals surface area contributed by atoms with Crippen molar-refractivity contribution in [1.29, 1.82) is 0 Å². The number of anilines is 1. The topological polar surface area (TPSA) is 68.5 Å². The summed E-state index contributed by atoms with van der Waals surface area (Å²) in [5.41, 5.74) is -0.565. The highest BCUT2D eigenvalue weighted by Crippen LogP contribution is 2.20. The van der Waals surface area contributed by atoms with Crippen LogP contribution in [-0.2, 0) is 9.53 Å². The summed E-state index contributed by atoms with van der Waals surface area (Å²) in [6.07, 6.45) is -0.0528. The van der Waals surface area contributed by atoms with Gasteiger partial charge in [-0.3, -0.25) is 4.79 Å². The van der Waals surface area contributed by atoms with Crippen molar-refractivity contribution in [2.45, 2.75) is 13.0 Å². The molecule has 1 amide bonds. The van der Waals surface area contributed by atoms with Crippen LogP contribution in [0.25, 0.3) is 0 Å². The first-order valence-electron chi connectivity index (χ1n) is 6.09. The molecule has 0 fully saturated rings. The number of rotatable bonds is 4. The van der Waals surface area contributed by atoms with Crippen molar-refractivity contribution < 1.29 is 31.9 Å². The first-order chi connectivity index (χ1) is 10.4. The first kappa shape index (κ1) is 15.6. The van der Waals surface area contributed by atoms with Gasteiger partial charge in [0.15, 0.2) is 23.6 Å². The maximum absolute atomic E-state index is 13.4. The van der Waals surface area contributed by atoms with Gasteiger partial charge in [0.05, 0.1) is 12.0 Å². The van der Waals surface area contributed by atoms with Gasteiger partial charge in [-0.15, -0.1) is 0 Å². The van der Waals surface area contributed by atoms with E-state index in [1.807, 2.05) is 5.32 Å². The second kappa shape index (κ2) is 6.33. The summed E-state index contributed by atoms with van der Waals surface area (Å²) in [5.74, 6) is -6.55. The molecule has 0 aliphatic heterocycles. The zero-order chi connectivity index (χ0) is 16.3. The molecule has 2 aromatic rings. The molecule has 0 radical (unpaired) electrons. The van der Waals surface area contributed by atoms with Gasteiger partial charge in [-0.2, -0.15) is 0 Å². The molecule has 1 N–H and O–H groups in total. The Hall–Kier alpha value is -2.77. The van der Waals surface area contributed by atoms with Crippen molar-refractivity contribution in [2.24, 2.45) is 0 Å². The van der Waals surface area contributed by atoms with Gasteiger partial charge in [-0.05, 0) is 31.2 Å². The summed E-state index contributed by atoms with van der Waals surface area (Å²) in [5, 5.41) is 2.00. The molecule has 0 bridgehead atoms. The lowest BCUT2D eigenvalue weighted by atomic mass is 10.2. The third kappa shape index (κ3) is 3.27. The SMILES string of the molecule is C[C@H](OC(=O)c1ccco1)C(=O)Nc1ccc(F)c(F)c1F. The van der Waals surface area contributed by atoms with E-state index in [-0.39, 0.29) is 5.76 Å². The van der Waals surface area contributed by atoms with Crippen LogP contribution in [0.1, 0.15) is 17.5 Å². The van der Waals surface area contributed by atoms with Gasteiger partial charge in [0.2, 0.25) is 5.76 Å². The van der Waals surface area contributed by atoms with Crippen LogP contribution < -0.4 is 5.32 Å². The number of furan rings is 1. The van der Waals surface area contributed by atoms with Crippen molar-refractivity contribution in [3.05, 3.63) is 53.7 Å². The largest absolute Gasteiger partial charge is 0.457 e. The van der Waals surface area contributed by atoms with E-state index in [0.29, 0.717) is 6.07 Å². The predicted molar refractivity (Wildman–Crippen MR) is 68.5 cm³/mol. The second-order valence-corrected chi connectivity index (χ2v) is 4.24. The maximum atomic E-state index is 13.4. The summed E-state index contributed by atoms with van der Waals surface area (Å²) in [4.78, 5) is 23.3. The second-order valence-electron chi connectivity index (χ2n) is 4.24. The zero-order valence-corrected chi connectivity index (χ0v) is 11.2. The average molecular weight is 313 g/mol. The van der Waals surface area contributed by atoms with E-state index in [1.54, 1.807) is 0 Å². The number of benzene rings is 1. The Bertz CT molecular complexity index is 700. The number of carbonyl (C=O) groups is 2. The summed E-state index contributed by atoms with van der Waals surface area (Å²) >= 11 is 0. The lowest BCUT2D eigenvalue weighted by Crippen LogP contribution is -2.30. The summed E-state index contributed by atoms with van der Waals surface area (Å²) in [7, 11) is 0. The van der Waals surface area contributed by atoms with Gasteiger partial charge in [0, 0.05) is 0 Å². The molecule has 1 atom stereocenters. The minimum atomic E-state index is -1.71. The van der Waals surface area contributed by atoms with Gasteiger partial charge >= 0.3 is 5.97 Å². The van der Waals surface area contributed by atoms with Crippen LogP contribution in [0.4, 0.5) is 18.9 Å². The van der Waals surface area contributed by atoms with E-state index in [2.05, 4.69) is 0 Å². The van der Waals surface area contributed by atoms with E-state index >= 15 is 0 Å². The lowest BCUT2D eigenvalue weighted by molar-refractivity contribution is -0.123. The molecule has 22 heavy (non-hydrogen) atoms. The van der Waals surface area contributed by atoms with Crippen LogP contribution >= 0.6 is 0 Å². The van der Waals surface area contributed by atoms with Gasteiger partial charge in [-0.1, -0.05) is 0 Å². The Kier molecular flexibility index (Phi) is 4.50. The highest BCUT2D eigenvalue weighted by Gasteiger charge is 2.22. The normalized spacial score (nSPS) is 11.8. The average Bonchev–Trinajstić information content (AvgIpc) is 3.02. The molecule has 2 rings (SSSR count). The van der Waals surface area contributed by atoms with Gasteiger partial charge < -0.3 is 14.5 Å². The fourth-order valence-corrected chi connectivity index (χ4v) is 1.52. The summed E-state index contributed by atoms with van der Waals surface area (Å²) < 4.78 is 48.8. The van der Waals surface area contributed by atoms with Crippen molar-refractivity contribution in [3.8, 4) is 0 Å². The quantitative estimate of drug-likeness (QED) is 0.696. The minimum Gasteiger partial charge on any atom is -0.457 e. The number of ether oxygens (including phenoxy) is 1. The Labute approximate surface area is 122 Å². The van der Waals surface area contributed by atoms with Crippen molar-refractivity contribution in [2.75, 3.05) is 5.32 Å². The lowest BCUT2D eigenvalue weighted by Gasteiger charge is -2.13. The zero-order valence-electron chi connectivity index (χ0n) is 11.2. The van der Waals surface area contributed by atoms with E-state index in [4.69, 9.17) is 9.15 Å². The fraction of sp³-hybridized carbons (Fsp3) is 0.143. The van der Waals surface area contributed by atoms with Crippen molar-refractivity contribution >= 4 is 17.6 Å². The van der Waals surface area contributed by atoms with Crippen LogP contribution in [0, 0.1) is 17.5 Å². The molecule has 0 aliphatic carbocycles. The van der Waals surface area contributed by atoms with Crippen molar-refractivity contribution in [3.63, 3.8) is 0 Å². The summed E-state index contributed by atoms with van der Waals surface area (Å²) in [6.45, 7) is 1.23. The van der Waals surface area contributed by atoms with Crippen LogP contribution in [0.3, 0.4) is 0 Å². The van der Waals surface area contributed by atoms with E-state index in [0.717, 1.165) is 6.07 Å². The first-order valence-corrected chi connectivity index (χ1v) is 6.09. The number of halogens is 3. The summed E-state index contributed by atoms with van der Waals surface area (Å²) in [6, 6.07) is 4.31. The number of carbonyl (C=O) groups excluding carboxylic acids is 2. The van der Waals surface area contributed by atoms with Gasteiger partial charge in [0.25, 0.3) is 5.91 Å². The van der Waals surface area contributed by atoms with Crippen LogP contribution in [0.5, 0.6) is 0 Å². The number of hydrogen-bond acceptors (Lipinski definition) is 4. The molecule has 1 heterocycles. The number of hydrogen-bond donors (Lipinski definition) is 1. The monoisotopic (exact) mass is 313 g/mol. The third-order valence-corrected chi connectivity index (χ3v) is 2.67. The molecular weight excluding hydrogens is 303 g/mol. The maximum Gasteiger partial charge on any atom is 0.374 e. The Morgan fingerprint density at radius 2 is 1.91 bits per heavy atom. The molecule has 5 nitrogen and oxygen atoms in total. The molecular formula is C14H10F3NO4. The molecule has 1 aromatic carbocycles. The molecule has 8 heteroatoms. The van der Waals surface area contributed by atoms with E-state index < -0.39 is 41.1 Å².